The highest BCUT2D eigenvalue weighted by molar-refractivity contribution is 4.71. The van der Waals surface area contributed by atoms with E-state index in [1.54, 1.807) is 0 Å². The Bertz CT molecular complexity index is 177. The molecule has 0 nitrogen and oxygen atoms in total. The third-order valence-electron chi connectivity index (χ3n) is 3.30. The summed E-state index contributed by atoms with van der Waals surface area (Å²) in [5, 5.41) is 0. The van der Waals surface area contributed by atoms with Crippen molar-refractivity contribution in [1.29, 1.82) is 0 Å². The molecule has 3 unspecified atom stereocenters. The average Bonchev–Trinajstić information content (AvgIpc) is 2.18. The molecule has 0 spiro atoms. The number of unbranched alkanes of at least 4 members (excludes halogenated alkanes) is 3. The van der Waals surface area contributed by atoms with Gasteiger partial charge in [-0.05, 0) is 11.8 Å². The lowest BCUT2D eigenvalue weighted by Crippen LogP contribution is -2.16. The first-order valence-electron chi connectivity index (χ1n) is 7.06. The molecule has 0 aromatic carbocycles. The Morgan fingerprint density at radius 1 is 1.31 bits per heavy atom. The van der Waals surface area contributed by atoms with Crippen molar-refractivity contribution in [2.75, 3.05) is 0 Å². The van der Waals surface area contributed by atoms with Crippen LogP contribution in [0.1, 0.15) is 74.4 Å². The van der Waals surface area contributed by atoms with Crippen molar-refractivity contribution in [3.8, 4) is 0 Å². The summed E-state index contributed by atoms with van der Waals surface area (Å²) in [4.78, 5) is 0. The van der Waals surface area contributed by atoms with E-state index < -0.39 is 0 Å². The Hall–Kier alpha value is 0. The van der Waals surface area contributed by atoms with Gasteiger partial charge in [0.2, 0.25) is 0 Å². The molecule has 3 atom stereocenters. The van der Waals surface area contributed by atoms with Crippen LogP contribution in [0.5, 0.6) is 0 Å². The third kappa shape index (κ3) is 4.15. The van der Waals surface area contributed by atoms with E-state index in [9.17, 15) is 0 Å². The molecule has 1 fully saturated rings. The predicted octanol–water partition coefficient (Wildman–Crippen LogP) is 4.78. The lowest BCUT2D eigenvalue weighted by Gasteiger charge is -2.28. The molecule has 0 aromatic heterocycles. The van der Waals surface area contributed by atoms with Crippen LogP contribution in [-0.2, 0) is 0 Å². The monoisotopic (exact) mass is 184 g/mol. The van der Waals surface area contributed by atoms with Crippen LogP contribution in [0.15, 0.2) is 0 Å². The van der Waals surface area contributed by atoms with Gasteiger partial charge in [-0.2, -0.15) is 0 Å². The van der Waals surface area contributed by atoms with Crippen molar-refractivity contribution >= 4 is 0 Å². The SMILES string of the molecule is [2H]C1CCC([2H])(C)C(CCCCCC)C1. The maximum atomic E-state index is 8.27. The van der Waals surface area contributed by atoms with E-state index in [4.69, 9.17) is 2.74 Å². The van der Waals surface area contributed by atoms with Crippen LogP contribution in [0.4, 0.5) is 0 Å². The zero-order chi connectivity index (χ0) is 11.3. The van der Waals surface area contributed by atoms with Gasteiger partial charge >= 0.3 is 0 Å². The minimum Gasteiger partial charge on any atom is -0.0654 e. The molecule has 0 aromatic rings. The van der Waals surface area contributed by atoms with Gasteiger partial charge in [0.1, 0.15) is 0 Å². The van der Waals surface area contributed by atoms with Crippen LogP contribution >= 0.6 is 0 Å². The van der Waals surface area contributed by atoms with Crippen molar-refractivity contribution in [2.45, 2.75) is 71.6 Å². The molecule has 0 bridgehead atoms. The van der Waals surface area contributed by atoms with Crippen molar-refractivity contribution in [1.82, 2.24) is 0 Å². The van der Waals surface area contributed by atoms with Gasteiger partial charge in [0.25, 0.3) is 0 Å². The minimum absolute atomic E-state index is 0.111. The van der Waals surface area contributed by atoms with E-state index in [0.717, 1.165) is 19.3 Å². The van der Waals surface area contributed by atoms with Crippen molar-refractivity contribution in [3.05, 3.63) is 0 Å². The van der Waals surface area contributed by atoms with Crippen LogP contribution in [0.3, 0.4) is 0 Å². The number of rotatable bonds is 5. The first-order chi connectivity index (χ1) is 7.06. The fourth-order valence-corrected chi connectivity index (χ4v) is 2.24. The minimum atomic E-state index is -0.246. The Morgan fingerprint density at radius 3 is 2.92 bits per heavy atom. The molecular weight excluding hydrogens is 156 g/mol. The summed E-state index contributed by atoms with van der Waals surface area (Å²) in [6.07, 6.45) is 9.30. The van der Waals surface area contributed by atoms with Gasteiger partial charge in [0, 0.05) is 2.74 Å². The second-order valence-electron chi connectivity index (χ2n) is 4.46. The maximum absolute atomic E-state index is 8.27. The molecule has 0 heteroatoms. The molecule has 0 saturated heterocycles. The zero-order valence-electron chi connectivity index (χ0n) is 11.3. The van der Waals surface area contributed by atoms with Crippen LogP contribution in [0.25, 0.3) is 0 Å². The molecule has 78 valence electrons. The summed E-state index contributed by atoms with van der Waals surface area (Å²) < 4.78 is 16.1. The average molecular weight is 184 g/mol. The zero-order valence-corrected chi connectivity index (χ0v) is 9.31. The topological polar surface area (TPSA) is 0 Å². The van der Waals surface area contributed by atoms with E-state index in [2.05, 4.69) is 13.8 Å². The Labute approximate surface area is 86.9 Å². The Balaban J connectivity index is 2.30. The van der Waals surface area contributed by atoms with Gasteiger partial charge in [-0.1, -0.05) is 71.6 Å². The molecular formula is C13H26. The molecule has 0 heterocycles. The molecule has 1 aliphatic carbocycles. The highest BCUT2D eigenvalue weighted by Crippen LogP contribution is 2.33. The highest BCUT2D eigenvalue weighted by Gasteiger charge is 2.20. The van der Waals surface area contributed by atoms with Gasteiger partial charge < -0.3 is 0 Å². The summed E-state index contributed by atoms with van der Waals surface area (Å²) >= 11 is 0. The van der Waals surface area contributed by atoms with Crippen LogP contribution < -0.4 is 0 Å². The second kappa shape index (κ2) is 6.45. The van der Waals surface area contributed by atoms with E-state index in [0.29, 0.717) is 5.92 Å². The summed E-state index contributed by atoms with van der Waals surface area (Å²) in [5.41, 5.74) is 0. The predicted molar refractivity (Wildman–Crippen MR) is 59.9 cm³/mol. The molecule has 1 aliphatic rings. The van der Waals surface area contributed by atoms with Crippen molar-refractivity contribution in [3.63, 3.8) is 0 Å². The lowest BCUT2D eigenvalue weighted by atomic mass is 9.78. The number of hydrogen-bond donors (Lipinski definition) is 0. The van der Waals surface area contributed by atoms with E-state index in [-0.39, 0.29) is 12.3 Å². The standard InChI is InChI=1S/C13H26/c1-3-4-5-6-10-13-11-8-7-9-12(13)2/h12-13H,3-11H2,1-2H3/i8D,12D. The van der Waals surface area contributed by atoms with Gasteiger partial charge in [0.15, 0.2) is 0 Å². The number of hydrogen-bond acceptors (Lipinski definition) is 0. The van der Waals surface area contributed by atoms with Gasteiger partial charge in [-0.15, -0.1) is 0 Å². The molecule has 0 amide bonds. The lowest BCUT2D eigenvalue weighted by molar-refractivity contribution is 0.236. The van der Waals surface area contributed by atoms with Crippen molar-refractivity contribution < 1.29 is 2.74 Å². The summed E-state index contributed by atoms with van der Waals surface area (Å²) in [6, 6.07) is 0. The molecule has 0 aliphatic heterocycles. The van der Waals surface area contributed by atoms with Gasteiger partial charge in [-0.3, -0.25) is 0 Å². The van der Waals surface area contributed by atoms with Crippen molar-refractivity contribution in [2.24, 2.45) is 11.8 Å². The fourth-order valence-electron chi connectivity index (χ4n) is 2.24. The van der Waals surface area contributed by atoms with Crippen LogP contribution in [0, 0.1) is 11.8 Å². The first-order valence-corrected chi connectivity index (χ1v) is 5.98. The summed E-state index contributed by atoms with van der Waals surface area (Å²) in [5.74, 6) is 0.231. The Morgan fingerprint density at radius 2 is 2.15 bits per heavy atom. The maximum Gasteiger partial charge on any atom is 0.0303 e. The van der Waals surface area contributed by atoms with Crippen LogP contribution in [0.2, 0.25) is 0 Å². The summed E-state index contributed by atoms with van der Waals surface area (Å²) in [6.45, 7) is 4.30. The second-order valence-corrected chi connectivity index (χ2v) is 4.46. The third-order valence-corrected chi connectivity index (χ3v) is 3.30. The van der Waals surface area contributed by atoms with Crippen LogP contribution in [-0.4, -0.2) is 0 Å². The highest BCUT2D eigenvalue weighted by atomic mass is 14.3. The molecule has 0 radical (unpaired) electrons. The van der Waals surface area contributed by atoms with E-state index >= 15 is 0 Å². The van der Waals surface area contributed by atoms with E-state index in [1.165, 1.54) is 32.1 Å². The molecule has 1 saturated carbocycles. The Kier molecular flexibility index (Phi) is 4.13. The first kappa shape index (κ1) is 8.32. The van der Waals surface area contributed by atoms with Gasteiger partial charge in [-0.25, -0.2) is 0 Å². The largest absolute Gasteiger partial charge is 0.0654 e. The summed E-state index contributed by atoms with van der Waals surface area (Å²) in [7, 11) is 0. The normalized spacial score (nSPS) is 42.6. The molecule has 13 heavy (non-hydrogen) atoms. The van der Waals surface area contributed by atoms with Gasteiger partial charge in [0.05, 0.1) is 0 Å². The fraction of sp³-hybridized carbons (Fsp3) is 1.00. The quantitative estimate of drug-likeness (QED) is 0.539. The molecule has 1 rings (SSSR count). The molecule has 0 N–H and O–H groups in total. The van der Waals surface area contributed by atoms with E-state index in [1.807, 2.05) is 0 Å². The smallest absolute Gasteiger partial charge is 0.0303 e.